The van der Waals surface area contributed by atoms with Gasteiger partial charge in [-0.15, -0.1) is 0 Å². The van der Waals surface area contributed by atoms with E-state index >= 15 is 0 Å². The second-order valence-electron chi connectivity index (χ2n) is 8.63. The fourth-order valence-electron chi connectivity index (χ4n) is 4.18. The summed E-state index contributed by atoms with van der Waals surface area (Å²) >= 11 is 0. The van der Waals surface area contributed by atoms with Crippen molar-refractivity contribution in [2.45, 2.75) is 20.3 Å². The molecule has 0 saturated carbocycles. The van der Waals surface area contributed by atoms with Crippen LogP contribution in [-0.2, 0) is 16.0 Å². The number of aromatic nitrogens is 1. The van der Waals surface area contributed by atoms with Crippen LogP contribution in [0.4, 0.5) is 11.4 Å². The Hall–Kier alpha value is -3.93. The maximum absolute atomic E-state index is 13.8. The fourth-order valence-corrected chi connectivity index (χ4v) is 4.18. The van der Waals surface area contributed by atoms with Crippen molar-refractivity contribution in [3.63, 3.8) is 0 Å². The summed E-state index contributed by atoms with van der Waals surface area (Å²) < 4.78 is 0. The van der Waals surface area contributed by atoms with E-state index in [0.29, 0.717) is 30.0 Å². The van der Waals surface area contributed by atoms with E-state index in [1.54, 1.807) is 12.4 Å². The predicted molar refractivity (Wildman–Crippen MR) is 137 cm³/mol. The van der Waals surface area contributed by atoms with Crippen molar-refractivity contribution in [2.75, 3.05) is 37.0 Å². The summed E-state index contributed by atoms with van der Waals surface area (Å²) in [6.07, 6.45) is 4.29. The highest BCUT2D eigenvalue weighted by Gasteiger charge is 2.42. The molecule has 2 aromatic carbocycles. The molecule has 0 fully saturated rings. The van der Waals surface area contributed by atoms with Crippen molar-refractivity contribution < 1.29 is 9.59 Å². The van der Waals surface area contributed by atoms with Gasteiger partial charge in [-0.3, -0.25) is 14.6 Å². The number of aryl methyl sites for hydroxylation is 1. The minimum absolute atomic E-state index is 0.284. The summed E-state index contributed by atoms with van der Waals surface area (Å²) in [5.74, 6) is -0.574. The van der Waals surface area contributed by atoms with Gasteiger partial charge in [0, 0.05) is 45.3 Å². The van der Waals surface area contributed by atoms with Gasteiger partial charge in [-0.1, -0.05) is 35.9 Å². The molecule has 1 aliphatic rings. The molecule has 2 heterocycles. The summed E-state index contributed by atoms with van der Waals surface area (Å²) in [7, 11) is 3.87. The first-order valence-electron chi connectivity index (χ1n) is 11.5. The quantitative estimate of drug-likeness (QED) is 0.475. The molecule has 0 atom stereocenters. The van der Waals surface area contributed by atoms with E-state index in [0.717, 1.165) is 28.8 Å². The summed E-state index contributed by atoms with van der Waals surface area (Å²) in [6, 6.07) is 19.3. The Morgan fingerprint density at radius 2 is 1.62 bits per heavy atom. The van der Waals surface area contributed by atoms with Crippen molar-refractivity contribution in [3.8, 4) is 0 Å². The third kappa shape index (κ3) is 4.57. The summed E-state index contributed by atoms with van der Waals surface area (Å²) in [4.78, 5) is 37.0. The number of hydrogen-bond acceptors (Lipinski definition) is 5. The zero-order valence-electron chi connectivity index (χ0n) is 20.2. The Bertz CT molecular complexity index is 1220. The van der Waals surface area contributed by atoms with Crippen LogP contribution in [0.15, 0.2) is 78.8 Å². The molecule has 0 spiro atoms. The second-order valence-corrected chi connectivity index (χ2v) is 8.63. The molecule has 0 unspecified atom stereocenters. The SMILES string of the molecule is CCN(CCc1ccncc1)C1=C(c2ccc(C)cc2)C(=O)N(c2cccc(N(C)C)c2)C1=O. The molecule has 0 aliphatic carbocycles. The van der Waals surface area contributed by atoms with Crippen LogP contribution in [-0.4, -0.2) is 48.9 Å². The fraction of sp³-hybridized carbons (Fsp3) is 0.250. The van der Waals surface area contributed by atoms with Gasteiger partial charge in [-0.2, -0.15) is 0 Å². The second kappa shape index (κ2) is 9.91. The topological polar surface area (TPSA) is 56.8 Å². The largest absolute Gasteiger partial charge is 0.378 e. The molecule has 1 aliphatic heterocycles. The molecule has 6 nitrogen and oxygen atoms in total. The third-order valence-electron chi connectivity index (χ3n) is 6.12. The molecular formula is C28H30N4O2. The van der Waals surface area contributed by atoms with Crippen LogP contribution in [0.3, 0.4) is 0 Å². The number of pyridine rings is 1. The van der Waals surface area contributed by atoms with Gasteiger partial charge in [-0.25, -0.2) is 4.90 Å². The lowest BCUT2D eigenvalue weighted by Gasteiger charge is -2.25. The molecule has 3 aromatic rings. The van der Waals surface area contributed by atoms with E-state index in [2.05, 4.69) is 4.98 Å². The number of carbonyl (C=O) groups excluding carboxylic acids is 2. The van der Waals surface area contributed by atoms with Gasteiger partial charge in [0.15, 0.2) is 0 Å². The van der Waals surface area contributed by atoms with Crippen molar-refractivity contribution >= 4 is 28.8 Å². The van der Waals surface area contributed by atoms with Crippen LogP contribution in [0.1, 0.15) is 23.6 Å². The predicted octanol–water partition coefficient (Wildman–Crippen LogP) is 4.31. The highest BCUT2D eigenvalue weighted by molar-refractivity contribution is 6.45. The number of benzene rings is 2. The third-order valence-corrected chi connectivity index (χ3v) is 6.12. The van der Waals surface area contributed by atoms with Gasteiger partial charge in [-0.05, 0) is 61.7 Å². The number of hydrogen-bond donors (Lipinski definition) is 0. The van der Waals surface area contributed by atoms with Crippen LogP contribution < -0.4 is 9.80 Å². The summed E-state index contributed by atoms with van der Waals surface area (Å²) in [5, 5.41) is 0. The molecule has 6 heteroatoms. The lowest BCUT2D eigenvalue weighted by atomic mass is 10.0. The van der Waals surface area contributed by atoms with Crippen LogP contribution in [0.2, 0.25) is 0 Å². The number of nitrogens with zero attached hydrogens (tertiary/aromatic N) is 4. The molecule has 0 N–H and O–H groups in total. The van der Waals surface area contributed by atoms with Gasteiger partial charge < -0.3 is 9.80 Å². The van der Waals surface area contributed by atoms with Crippen molar-refractivity contribution in [2.24, 2.45) is 0 Å². The number of amides is 2. The maximum Gasteiger partial charge on any atom is 0.282 e. The maximum atomic E-state index is 13.8. The first-order valence-corrected chi connectivity index (χ1v) is 11.5. The molecule has 0 saturated heterocycles. The average Bonchev–Trinajstić information content (AvgIpc) is 3.10. The van der Waals surface area contributed by atoms with Gasteiger partial charge in [0.25, 0.3) is 11.8 Å². The Labute approximate surface area is 201 Å². The van der Waals surface area contributed by atoms with E-state index in [1.165, 1.54) is 4.90 Å². The molecular weight excluding hydrogens is 424 g/mol. The van der Waals surface area contributed by atoms with Crippen molar-refractivity contribution in [1.82, 2.24) is 9.88 Å². The van der Waals surface area contributed by atoms with E-state index < -0.39 is 0 Å². The standard InChI is InChI=1S/C28H30N4O2/c1-5-31(18-15-21-13-16-29-17-14-21)26-25(22-11-9-20(2)10-12-22)27(33)32(28(26)34)24-8-6-7-23(19-24)30(3)4/h6-14,16-17,19H,5,15,18H2,1-4H3. The Morgan fingerprint density at radius 1 is 0.912 bits per heavy atom. The summed E-state index contributed by atoms with van der Waals surface area (Å²) in [6.45, 7) is 5.25. The van der Waals surface area contributed by atoms with E-state index in [1.807, 2.05) is 98.4 Å². The number of carbonyl (C=O) groups is 2. The van der Waals surface area contributed by atoms with Crippen LogP contribution >= 0.6 is 0 Å². The molecule has 0 radical (unpaired) electrons. The van der Waals surface area contributed by atoms with Crippen molar-refractivity contribution in [3.05, 3.63) is 95.4 Å². The highest BCUT2D eigenvalue weighted by Crippen LogP contribution is 2.36. The summed E-state index contributed by atoms with van der Waals surface area (Å²) in [5.41, 5.74) is 5.41. The van der Waals surface area contributed by atoms with Crippen LogP contribution in [0.5, 0.6) is 0 Å². The van der Waals surface area contributed by atoms with E-state index in [4.69, 9.17) is 0 Å². The first kappa shape index (κ1) is 23.2. The number of rotatable bonds is 8. The number of imide groups is 1. The Morgan fingerprint density at radius 3 is 2.26 bits per heavy atom. The molecule has 4 rings (SSSR count). The number of anilines is 2. The van der Waals surface area contributed by atoms with E-state index in [9.17, 15) is 9.59 Å². The first-order chi connectivity index (χ1) is 16.4. The van der Waals surface area contributed by atoms with Gasteiger partial charge in [0.2, 0.25) is 0 Å². The average molecular weight is 455 g/mol. The monoisotopic (exact) mass is 454 g/mol. The molecule has 1 aromatic heterocycles. The smallest absolute Gasteiger partial charge is 0.282 e. The van der Waals surface area contributed by atoms with Crippen LogP contribution in [0.25, 0.3) is 5.57 Å². The normalized spacial score (nSPS) is 13.6. The molecule has 34 heavy (non-hydrogen) atoms. The Kier molecular flexibility index (Phi) is 6.77. The molecule has 174 valence electrons. The minimum Gasteiger partial charge on any atom is -0.378 e. The molecule has 0 bridgehead atoms. The lowest BCUT2D eigenvalue weighted by Crippen LogP contribution is -2.36. The van der Waals surface area contributed by atoms with Crippen LogP contribution in [0, 0.1) is 6.92 Å². The van der Waals surface area contributed by atoms with Gasteiger partial charge >= 0.3 is 0 Å². The zero-order chi connectivity index (χ0) is 24.2. The molecule has 2 amide bonds. The minimum atomic E-state index is -0.290. The van der Waals surface area contributed by atoms with E-state index in [-0.39, 0.29) is 11.8 Å². The lowest BCUT2D eigenvalue weighted by molar-refractivity contribution is -0.120. The van der Waals surface area contributed by atoms with Crippen molar-refractivity contribution in [1.29, 1.82) is 0 Å². The highest BCUT2D eigenvalue weighted by atomic mass is 16.2. The zero-order valence-corrected chi connectivity index (χ0v) is 20.2. The number of likely N-dealkylation sites (N-methyl/N-ethyl adjacent to an activating group) is 1. The van der Waals surface area contributed by atoms with Gasteiger partial charge in [0.1, 0.15) is 5.70 Å². The van der Waals surface area contributed by atoms with Gasteiger partial charge in [0.05, 0.1) is 11.3 Å². The Balaban J connectivity index is 1.76.